The summed E-state index contributed by atoms with van der Waals surface area (Å²) in [6, 6.07) is 5.16. The number of sulfonamides is 1. The van der Waals surface area contributed by atoms with E-state index < -0.39 is 44.3 Å². The van der Waals surface area contributed by atoms with Gasteiger partial charge in [0.1, 0.15) is 10.7 Å². The molecule has 2 rings (SSSR count). The predicted octanol–water partition coefficient (Wildman–Crippen LogP) is 3.43. The van der Waals surface area contributed by atoms with E-state index in [1.807, 2.05) is 0 Å². The highest BCUT2D eigenvalue weighted by Gasteiger charge is 2.22. The molecule has 0 spiro atoms. The Morgan fingerprint density at radius 2 is 1.69 bits per heavy atom. The topological polar surface area (TPSA) is 75.3 Å². The van der Waals surface area contributed by atoms with Crippen molar-refractivity contribution in [2.24, 2.45) is 0 Å². The summed E-state index contributed by atoms with van der Waals surface area (Å²) < 4.78 is 66.9. The largest absolute Gasteiger partial charge is 0.322 e. The van der Waals surface area contributed by atoms with E-state index in [2.05, 4.69) is 10.0 Å². The SMILES string of the molecule is CC[C@@H](C)NS(=O)(=O)c1cc(C(=O)Nc2ccc(F)c(F)c2)ccc1F. The van der Waals surface area contributed by atoms with Crippen molar-refractivity contribution in [2.75, 3.05) is 5.32 Å². The van der Waals surface area contributed by atoms with Gasteiger partial charge >= 0.3 is 0 Å². The minimum absolute atomic E-state index is 0.0274. The molecular weight excluding hydrogens is 369 g/mol. The Labute approximate surface area is 149 Å². The standard InChI is InChI=1S/C17H17F3N2O3S/c1-3-10(2)22-26(24,25)16-8-11(4-6-14(16)19)17(23)21-12-5-7-13(18)15(20)9-12/h4-10,22H,3H2,1-2H3,(H,21,23)/t10-/m1/s1. The molecule has 0 fully saturated rings. The fourth-order valence-corrected chi connectivity index (χ4v) is 3.47. The fraction of sp³-hybridized carbons (Fsp3) is 0.235. The summed E-state index contributed by atoms with van der Waals surface area (Å²) >= 11 is 0. The van der Waals surface area contributed by atoms with Crippen molar-refractivity contribution in [3.8, 4) is 0 Å². The van der Waals surface area contributed by atoms with Crippen molar-refractivity contribution in [2.45, 2.75) is 31.2 Å². The van der Waals surface area contributed by atoms with Gasteiger partial charge < -0.3 is 5.32 Å². The predicted molar refractivity (Wildman–Crippen MR) is 90.8 cm³/mol. The molecule has 1 atom stereocenters. The molecule has 0 unspecified atom stereocenters. The minimum atomic E-state index is -4.16. The first-order chi connectivity index (χ1) is 12.1. The number of carbonyl (C=O) groups is 1. The van der Waals surface area contributed by atoms with Crippen LogP contribution in [0.25, 0.3) is 0 Å². The van der Waals surface area contributed by atoms with Crippen LogP contribution in [0.3, 0.4) is 0 Å². The van der Waals surface area contributed by atoms with Gasteiger partial charge in [0, 0.05) is 23.4 Å². The molecule has 0 aliphatic carbocycles. The molecule has 26 heavy (non-hydrogen) atoms. The van der Waals surface area contributed by atoms with Crippen molar-refractivity contribution in [1.82, 2.24) is 4.72 Å². The summed E-state index contributed by atoms with van der Waals surface area (Å²) in [6.45, 7) is 3.38. The van der Waals surface area contributed by atoms with Gasteiger partial charge in [-0.3, -0.25) is 4.79 Å². The highest BCUT2D eigenvalue weighted by molar-refractivity contribution is 7.89. The lowest BCUT2D eigenvalue weighted by atomic mass is 10.2. The zero-order valence-corrected chi connectivity index (χ0v) is 14.8. The van der Waals surface area contributed by atoms with Crippen LogP contribution in [-0.2, 0) is 10.0 Å². The molecule has 1 amide bonds. The van der Waals surface area contributed by atoms with Gasteiger partial charge in [-0.15, -0.1) is 0 Å². The Hall–Kier alpha value is -2.39. The van der Waals surface area contributed by atoms with Crippen LogP contribution >= 0.6 is 0 Å². The fourth-order valence-electron chi connectivity index (χ4n) is 2.04. The zero-order chi connectivity index (χ0) is 19.5. The van der Waals surface area contributed by atoms with Gasteiger partial charge in [-0.25, -0.2) is 26.3 Å². The van der Waals surface area contributed by atoms with E-state index in [1.165, 1.54) is 0 Å². The van der Waals surface area contributed by atoms with Gasteiger partial charge in [-0.2, -0.15) is 0 Å². The van der Waals surface area contributed by atoms with E-state index in [0.29, 0.717) is 6.42 Å². The molecule has 0 radical (unpaired) electrons. The molecule has 2 aromatic carbocycles. The quantitative estimate of drug-likeness (QED) is 0.799. The van der Waals surface area contributed by atoms with E-state index in [1.54, 1.807) is 13.8 Å². The Kier molecular flexibility index (Phi) is 6.04. The van der Waals surface area contributed by atoms with Crippen molar-refractivity contribution in [3.63, 3.8) is 0 Å². The van der Waals surface area contributed by atoms with Crippen LogP contribution in [0.2, 0.25) is 0 Å². The van der Waals surface area contributed by atoms with Crippen LogP contribution < -0.4 is 10.0 Å². The number of benzene rings is 2. The summed E-state index contributed by atoms with van der Waals surface area (Å²) in [6.07, 6.45) is 0.497. The molecule has 5 nitrogen and oxygen atoms in total. The zero-order valence-electron chi connectivity index (χ0n) is 14.0. The lowest BCUT2D eigenvalue weighted by molar-refractivity contribution is 0.102. The Bertz CT molecular complexity index is 933. The molecule has 0 bridgehead atoms. The van der Waals surface area contributed by atoms with Crippen molar-refractivity contribution >= 4 is 21.6 Å². The number of rotatable bonds is 6. The molecule has 9 heteroatoms. The van der Waals surface area contributed by atoms with E-state index in [9.17, 15) is 26.4 Å². The van der Waals surface area contributed by atoms with Gasteiger partial charge in [-0.1, -0.05) is 6.92 Å². The maximum Gasteiger partial charge on any atom is 0.255 e. The van der Waals surface area contributed by atoms with Gasteiger partial charge in [-0.05, 0) is 43.7 Å². The molecule has 0 saturated carbocycles. The summed E-state index contributed by atoms with van der Waals surface area (Å²) in [5.74, 6) is -4.03. The van der Waals surface area contributed by atoms with Crippen molar-refractivity contribution in [1.29, 1.82) is 0 Å². The number of anilines is 1. The smallest absolute Gasteiger partial charge is 0.255 e. The Morgan fingerprint density at radius 3 is 2.31 bits per heavy atom. The first kappa shape index (κ1) is 19.9. The third kappa shape index (κ3) is 4.61. The van der Waals surface area contributed by atoms with E-state index in [-0.39, 0.29) is 11.3 Å². The second kappa shape index (κ2) is 7.88. The molecule has 0 heterocycles. The monoisotopic (exact) mass is 386 g/mol. The number of hydrogen-bond donors (Lipinski definition) is 2. The van der Waals surface area contributed by atoms with Crippen molar-refractivity contribution < 1.29 is 26.4 Å². The number of carbonyl (C=O) groups excluding carboxylic acids is 1. The average molecular weight is 386 g/mol. The third-order valence-corrected chi connectivity index (χ3v) is 5.23. The molecule has 140 valence electrons. The highest BCUT2D eigenvalue weighted by Crippen LogP contribution is 2.19. The second-order valence-corrected chi connectivity index (χ2v) is 7.34. The molecule has 2 N–H and O–H groups in total. The summed E-state index contributed by atoms with van der Waals surface area (Å²) in [5, 5.41) is 2.29. The number of nitrogens with one attached hydrogen (secondary N) is 2. The Balaban J connectivity index is 2.30. The molecular formula is C17H17F3N2O3S. The van der Waals surface area contributed by atoms with Crippen LogP contribution in [0.4, 0.5) is 18.9 Å². The van der Waals surface area contributed by atoms with Crippen LogP contribution in [0, 0.1) is 17.5 Å². The number of amides is 1. The lowest BCUT2D eigenvalue weighted by Crippen LogP contribution is -2.32. The van der Waals surface area contributed by atoms with Crippen molar-refractivity contribution in [3.05, 3.63) is 59.4 Å². The molecule has 0 saturated heterocycles. The number of halogens is 3. The minimum Gasteiger partial charge on any atom is -0.322 e. The van der Waals surface area contributed by atoms with Crippen LogP contribution in [0.15, 0.2) is 41.3 Å². The van der Waals surface area contributed by atoms with Gasteiger partial charge in [0.05, 0.1) is 0 Å². The summed E-state index contributed by atoms with van der Waals surface area (Å²) in [7, 11) is -4.16. The Morgan fingerprint density at radius 1 is 1.04 bits per heavy atom. The molecule has 0 aliphatic rings. The van der Waals surface area contributed by atoms with Gasteiger partial charge in [0.2, 0.25) is 10.0 Å². The molecule has 0 aromatic heterocycles. The summed E-state index contributed by atoms with van der Waals surface area (Å²) in [5.41, 5.74) is -0.180. The van der Waals surface area contributed by atoms with Crippen LogP contribution in [-0.4, -0.2) is 20.4 Å². The van der Waals surface area contributed by atoms with Crippen LogP contribution in [0.1, 0.15) is 30.6 Å². The van der Waals surface area contributed by atoms with E-state index in [0.717, 1.165) is 36.4 Å². The lowest BCUT2D eigenvalue weighted by Gasteiger charge is -2.13. The molecule has 2 aromatic rings. The second-order valence-electron chi connectivity index (χ2n) is 5.66. The van der Waals surface area contributed by atoms with Gasteiger partial charge in [0.15, 0.2) is 11.6 Å². The summed E-state index contributed by atoms with van der Waals surface area (Å²) in [4.78, 5) is 11.5. The van der Waals surface area contributed by atoms with E-state index >= 15 is 0 Å². The average Bonchev–Trinajstić information content (AvgIpc) is 2.57. The van der Waals surface area contributed by atoms with Crippen LogP contribution in [0.5, 0.6) is 0 Å². The third-order valence-electron chi connectivity index (χ3n) is 3.63. The number of hydrogen-bond acceptors (Lipinski definition) is 3. The first-order valence-electron chi connectivity index (χ1n) is 7.72. The highest BCUT2D eigenvalue weighted by atomic mass is 32.2. The maximum atomic E-state index is 14.0. The normalized spacial score (nSPS) is 12.7. The van der Waals surface area contributed by atoms with Gasteiger partial charge in [0.25, 0.3) is 5.91 Å². The van der Waals surface area contributed by atoms with E-state index in [4.69, 9.17) is 0 Å². The molecule has 0 aliphatic heterocycles. The maximum absolute atomic E-state index is 14.0. The first-order valence-corrected chi connectivity index (χ1v) is 9.20.